The summed E-state index contributed by atoms with van der Waals surface area (Å²) in [5.41, 5.74) is 5.51. The molecule has 0 aromatic rings. The summed E-state index contributed by atoms with van der Waals surface area (Å²) in [4.78, 5) is 14.2. The van der Waals surface area contributed by atoms with E-state index in [1.54, 1.807) is 0 Å². The third-order valence-electron chi connectivity index (χ3n) is 5.52. The third kappa shape index (κ3) is 2.29. The van der Waals surface area contributed by atoms with Crippen LogP contribution in [0.2, 0.25) is 0 Å². The molecule has 3 fully saturated rings. The summed E-state index contributed by atoms with van der Waals surface area (Å²) < 4.78 is 0. The summed E-state index contributed by atoms with van der Waals surface area (Å²) in [6.45, 7) is 1.47. The highest BCUT2D eigenvalue weighted by molar-refractivity contribution is 5.77. The minimum atomic E-state index is 0.295. The van der Waals surface area contributed by atoms with E-state index in [2.05, 4.69) is 4.90 Å². The molecule has 3 aliphatic rings. The largest absolute Gasteiger partial charge is 0.340 e. The maximum atomic E-state index is 12.0. The van der Waals surface area contributed by atoms with E-state index in [0.29, 0.717) is 24.9 Å². The minimum Gasteiger partial charge on any atom is -0.340 e. The van der Waals surface area contributed by atoms with Crippen molar-refractivity contribution in [2.45, 2.75) is 57.4 Å². The lowest BCUT2D eigenvalue weighted by Crippen LogP contribution is -2.38. The van der Waals surface area contributed by atoms with Crippen molar-refractivity contribution < 1.29 is 4.79 Å². The Morgan fingerprint density at radius 2 is 2.11 bits per heavy atom. The molecule has 2 N–H and O–H groups in total. The minimum absolute atomic E-state index is 0.295. The molecule has 2 bridgehead atoms. The second-order valence-electron chi connectivity index (χ2n) is 6.59. The maximum absolute atomic E-state index is 12.0. The van der Waals surface area contributed by atoms with E-state index in [-0.39, 0.29) is 0 Å². The summed E-state index contributed by atoms with van der Waals surface area (Å²) in [5, 5.41) is 0. The molecule has 0 radical (unpaired) electrons. The number of nitrogens with two attached hydrogens (primary N) is 1. The Morgan fingerprint density at radius 1 is 1.22 bits per heavy atom. The number of hydrogen-bond donors (Lipinski definition) is 1. The maximum Gasteiger partial charge on any atom is 0.224 e. The SMILES string of the molecule is NCCC(=O)N1CCC[C@H]1C[C@H]1C[C@H]2CC[C@H]1C2. The Morgan fingerprint density at radius 3 is 2.78 bits per heavy atom. The lowest BCUT2D eigenvalue weighted by atomic mass is 9.83. The van der Waals surface area contributed by atoms with Gasteiger partial charge in [-0.15, -0.1) is 0 Å². The molecule has 1 aliphatic heterocycles. The number of likely N-dealkylation sites (tertiary alicyclic amines) is 1. The second-order valence-corrected chi connectivity index (χ2v) is 6.59. The molecule has 0 aromatic carbocycles. The molecule has 3 rings (SSSR count). The van der Waals surface area contributed by atoms with Crippen molar-refractivity contribution in [3.05, 3.63) is 0 Å². The Kier molecular flexibility index (Phi) is 3.60. The molecular formula is C15H26N2O. The first-order valence-electron chi connectivity index (χ1n) is 7.77. The number of nitrogens with zero attached hydrogens (tertiary/aromatic N) is 1. The van der Waals surface area contributed by atoms with Crippen LogP contribution in [0.15, 0.2) is 0 Å². The highest BCUT2D eigenvalue weighted by atomic mass is 16.2. The molecule has 0 aromatic heterocycles. The molecule has 3 heteroatoms. The van der Waals surface area contributed by atoms with Crippen LogP contribution in [0.25, 0.3) is 0 Å². The molecule has 102 valence electrons. The van der Waals surface area contributed by atoms with E-state index in [1.165, 1.54) is 44.9 Å². The molecule has 1 saturated heterocycles. The van der Waals surface area contributed by atoms with Crippen LogP contribution in [0.5, 0.6) is 0 Å². The van der Waals surface area contributed by atoms with Crippen LogP contribution in [0.4, 0.5) is 0 Å². The number of carbonyl (C=O) groups excluding carboxylic acids is 1. The monoisotopic (exact) mass is 250 g/mol. The van der Waals surface area contributed by atoms with E-state index in [4.69, 9.17) is 5.73 Å². The van der Waals surface area contributed by atoms with Gasteiger partial charge in [0.2, 0.25) is 5.91 Å². The molecule has 1 heterocycles. The molecule has 2 aliphatic carbocycles. The van der Waals surface area contributed by atoms with Gasteiger partial charge in [-0.05, 0) is 56.3 Å². The fraction of sp³-hybridized carbons (Fsp3) is 0.933. The summed E-state index contributed by atoms with van der Waals surface area (Å²) in [5.74, 6) is 3.22. The van der Waals surface area contributed by atoms with Gasteiger partial charge < -0.3 is 10.6 Å². The fourth-order valence-corrected chi connectivity index (χ4v) is 4.69. The summed E-state index contributed by atoms with van der Waals surface area (Å²) in [6.07, 6.45) is 10.1. The smallest absolute Gasteiger partial charge is 0.224 e. The van der Waals surface area contributed by atoms with Crippen LogP contribution in [-0.4, -0.2) is 29.9 Å². The number of amides is 1. The predicted octanol–water partition coefficient (Wildman–Crippen LogP) is 2.15. The highest BCUT2D eigenvalue weighted by Gasteiger charge is 2.41. The van der Waals surface area contributed by atoms with Crippen LogP contribution in [0.1, 0.15) is 51.4 Å². The first-order chi connectivity index (χ1) is 8.78. The van der Waals surface area contributed by atoms with Crippen molar-refractivity contribution in [1.29, 1.82) is 0 Å². The predicted molar refractivity (Wildman–Crippen MR) is 72.0 cm³/mol. The topological polar surface area (TPSA) is 46.3 Å². The van der Waals surface area contributed by atoms with Crippen LogP contribution in [-0.2, 0) is 4.79 Å². The fourth-order valence-electron chi connectivity index (χ4n) is 4.69. The molecule has 3 nitrogen and oxygen atoms in total. The number of hydrogen-bond acceptors (Lipinski definition) is 2. The van der Waals surface area contributed by atoms with Crippen molar-refractivity contribution in [3.63, 3.8) is 0 Å². The summed E-state index contributed by atoms with van der Waals surface area (Å²) in [7, 11) is 0. The number of fused-ring (bicyclic) bond motifs is 2. The van der Waals surface area contributed by atoms with Crippen LogP contribution >= 0.6 is 0 Å². The van der Waals surface area contributed by atoms with Gasteiger partial charge in [0.15, 0.2) is 0 Å². The first kappa shape index (κ1) is 12.5. The van der Waals surface area contributed by atoms with Crippen LogP contribution in [0, 0.1) is 17.8 Å². The van der Waals surface area contributed by atoms with Crippen molar-refractivity contribution in [3.8, 4) is 0 Å². The van der Waals surface area contributed by atoms with Crippen LogP contribution in [0.3, 0.4) is 0 Å². The van der Waals surface area contributed by atoms with Gasteiger partial charge in [0.05, 0.1) is 0 Å². The van der Waals surface area contributed by atoms with Crippen molar-refractivity contribution in [1.82, 2.24) is 4.90 Å². The number of rotatable bonds is 4. The zero-order chi connectivity index (χ0) is 12.5. The average molecular weight is 250 g/mol. The van der Waals surface area contributed by atoms with Gasteiger partial charge in [0.25, 0.3) is 0 Å². The van der Waals surface area contributed by atoms with E-state index >= 15 is 0 Å². The quantitative estimate of drug-likeness (QED) is 0.831. The van der Waals surface area contributed by atoms with E-state index < -0.39 is 0 Å². The lowest BCUT2D eigenvalue weighted by molar-refractivity contribution is -0.132. The Labute approximate surface area is 110 Å². The van der Waals surface area contributed by atoms with Gasteiger partial charge in [0.1, 0.15) is 0 Å². The summed E-state index contributed by atoms with van der Waals surface area (Å²) in [6, 6.07) is 0.536. The second kappa shape index (κ2) is 5.20. The molecule has 0 unspecified atom stereocenters. The van der Waals surface area contributed by atoms with Crippen molar-refractivity contribution in [2.75, 3.05) is 13.1 Å². The molecule has 4 atom stereocenters. The summed E-state index contributed by atoms with van der Waals surface area (Å²) >= 11 is 0. The average Bonchev–Trinajstić information content (AvgIpc) is 3.04. The van der Waals surface area contributed by atoms with Gasteiger partial charge >= 0.3 is 0 Å². The van der Waals surface area contributed by atoms with Gasteiger partial charge in [0, 0.05) is 25.6 Å². The van der Waals surface area contributed by atoms with Gasteiger partial charge in [-0.2, -0.15) is 0 Å². The molecule has 0 spiro atoms. The number of carbonyl (C=O) groups is 1. The third-order valence-corrected chi connectivity index (χ3v) is 5.52. The Hall–Kier alpha value is -0.570. The van der Waals surface area contributed by atoms with Crippen LogP contribution < -0.4 is 5.73 Å². The van der Waals surface area contributed by atoms with E-state index in [9.17, 15) is 4.79 Å². The van der Waals surface area contributed by atoms with E-state index in [0.717, 1.165) is 24.3 Å². The molecule has 18 heavy (non-hydrogen) atoms. The van der Waals surface area contributed by atoms with Crippen molar-refractivity contribution in [2.24, 2.45) is 23.5 Å². The zero-order valence-electron chi connectivity index (χ0n) is 11.3. The standard InChI is InChI=1S/C15H26N2O/c16-6-5-15(18)17-7-1-2-14(17)10-13-9-11-3-4-12(13)8-11/h11-14H,1-10,16H2/t11-,12-,13+,14-/m0/s1. The highest BCUT2D eigenvalue weighted by Crippen LogP contribution is 2.50. The van der Waals surface area contributed by atoms with E-state index in [1.807, 2.05) is 0 Å². The zero-order valence-corrected chi connectivity index (χ0v) is 11.3. The normalized spacial score (nSPS) is 38.6. The lowest BCUT2D eigenvalue weighted by Gasteiger charge is -2.30. The molecule has 2 saturated carbocycles. The Bertz CT molecular complexity index is 318. The molecule has 1 amide bonds. The first-order valence-corrected chi connectivity index (χ1v) is 7.77. The van der Waals surface area contributed by atoms with Gasteiger partial charge in [-0.25, -0.2) is 0 Å². The molecular weight excluding hydrogens is 224 g/mol. The van der Waals surface area contributed by atoms with Crippen molar-refractivity contribution >= 4 is 5.91 Å². The van der Waals surface area contributed by atoms with Gasteiger partial charge in [-0.1, -0.05) is 6.42 Å². The van der Waals surface area contributed by atoms with Gasteiger partial charge in [-0.3, -0.25) is 4.79 Å². The Balaban J connectivity index is 1.56.